The fourth-order valence-corrected chi connectivity index (χ4v) is 7.09. The van der Waals surface area contributed by atoms with E-state index in [0.29, 0.717) is 26.1 Å². The van der Waals surface area contributed by atoms with Crippen LogP contribution in [0.15, 0.2) is 67.9 Å². The molecule has 1 aliphatic rings. The Balaban J connectivity index is 1.81. The van der Waals surface area contributed by atoms with Gasteiger partial charge < -0.3 is 20.5 Å². The molecule has 0 fully saturated rings. The highest BCUT2D eigenvalue weighted by atomic mass is 32.2. The average Bonchev–Trinajstić information content (AvgIpc) is 2.84. The number of carbonyl (C=O) groups is 2. The second kappa shape index (κ2) is 7.32. The predicted molar refractivity (Wildman–Crippen MR) is 132 cm³/mol. The molecule has 1 unspecified atom stereocenters. The largest absolute Gasteiger partial charge is 0.478 e. The number of hydrogen-bond donors (Lipinski definition) is 4. The molecule has 11 heteroatoms. The van der Waals surface area contributed by atoms with Gasteiger partial charge >= 0.3 is 11.9 Å². The van der Waals surface area contributed by atoms with E-state index in [9.17, 15) is 33.6 Å². The summed E-state index contributed by atoms with van der Waals surface area (Å²) in [5.41, 5.74) is 0.568. The van der Waals surface area contributed by atoms with Gasteiger partial charge in [-0.25, -0.2) is 13.8 Å². The molecule has 0 radical (unpaired) electrons. The number of nitrogens with one attached hydrogen (secondary N) is 2. The van der Waals surface area contributed by atoms with Crippen LogP contribution in [0.2, 0.25) is 0 Å². The number of rotatable bonds is 2. The molecule has 0 saturated heterocycles. The second-order valence-corrected chi connectivity index (χ2v) is 10.3. The summed E-state index contributed by atoms with van der Waals surface area (Å²) in [6.07, 6.45) is 0. The molecule has 0 aliphatic carbocycles. The number of aromatic nitrogens is 1. The van der Waals surface area contributed by atoms with E-state index >= 15 is 0 Å². The van der Waals surface area contributed by atoms with Gasteiger partial charge in [0.1, 0.15) is 0 Å². The maximum absolute atomic E-state index is 13.8. The lowest BCUT2D eigenvalue weighted by atomic mass is 10.1. The third kappa shape index (κ3) is 3.02. The number of benzene rings is 4. The smallest absolute Gasteiger partial charge is 0.335 e. The van der Waals surface area contributed by atoms with Gasteiger partial charge in [0.15, 0.2) is 10.9 Å². The molecule has 4 N–H and O–H groups in total. The molecule has 2 heterocycles. The van der Waals surface area contributed by atoms with Gasteiger partial charge in [0, 0.05) is 0 Å². The Morgan fingerprint density at radius 2 is 1.51 bits per heavy atom. The molecule has 6 rings (SSSR count). The third-order valence-electron chi connectivity index (χ3n) is 5.86. The highest BCUT2D eigenvalue weighted by molar-refractivity contribution is 7.86. The van der Waals surface area contributed by atoms with Crippen LogP contribution >= 0.6 is 11.3 Å². The minimum atomic E-state index is -1.91. The Kier molecular flexibility index (Phi) is 4.44. The van der Waals surface area contributed by atoms with Crippen LogP contribution in [-0.4, -0.2) is 31.3 Å². The molecule has 1 atom stereocenters. The lowest BCUT2D eigenvalue weighted by Gasteiger charge is -2.24. The number of hydrogen-bond acceptors (Lipinski definition) is 7. The monoisotopic (exact) mass is 504 g/mol. The van der Waals surface area contributed by atoms with Crippen LogP contribution in [0.5, 0.6) is 0 Å². The summed E-state index contributed by atoms with van der Waals surface area (Å²) in [6.45, 7) is 0. The fourth-order valence-electron chi connectivity index (χ4n) is 4.27. The Morgan fingerprint density at radius 3 is 2.23 bits per heavy atom. The minimum absolute atomic E-state index is 0.0504. The highest BCUT2D eigenvalue weighted by Gasteiger charge is 2.30. The summed E-state index contributed by atoms with van der Waals surface area (Å²) in [4.78, 5) is 52.5. The maximum Gasteiger partial charge on any atom is 0.335 e. The molecule has 35 heavy (non-hydrogen) atoms. The summed E-state index contributed by atoms with van der Waals surface area (Å²) in [5.74, 6) is -2.29. The van der Waals surface area contributed by atoms with Crippen molar-refractivity contribution < 1.29 is 24.0 Å². The van der Waals surface area contributed by atoms with E-state index < -0.39 is 33.6 Å². The minimum Gasteiger partial charge on any atom is -0.478 e. The van der Waals surface area contributed by atoms with Crippen molar-refractivity contribution in [3.8, 4) is 0 Å². The van der Waals surface area contributed by atoms with Gasteiger partial charge in [-0.15, -0.1) is 11.3 Å². The molecule has 9 nitrogen and oxygen atoms in total. The zero-order valence-electron chi connectivity index (χ0n) is 17.4. The van der Waals surface area contributed by atoms with Gasteiger partial charge in [-0.2, -0.15) is 0 Å². The molecule has 0 amide bonds. The molecule has 0 saturated carbocycles. The zero-order valence-corrected chi connectivity index (χ0v) is 19.0. The van der Waals surface area contributed by atoms with Crippen LogP contribution in [-0.2, 0) is 10.8 Å². The second-order valence-electron chi connectivity index (χ2n) is 7.87. The Bertz CT molecular complexity index is 1960. The van der Waals surface area contributed by atoms with Gasteiger partial charge in [0.2, 0.25) is 0 Å². The number of carboxylic acids is 2. The Morgan fingerprint density at radius 1 is 0.857 bits per heavy atom. The first-order chi connectivity index (χ1) is 16.7. The quantitative estimate of drug-likeness (QED) is 0.205. The summed E-state index contributed by atoms with van der Waals surface area (Å²) in [5, 5.41) is 22.1. The van der Waals surface area contributed by atoms with Crippen LogP contribution in [0.4, 0.5) is 11.4 Å². The van der Waals surface area contributed by atoms with E-state index in [1.165, 1.54) is 36.4 Å². The molecule has 0 spiro atoms. The lowest BCUT2D eigenvalue weighted by Crippen LogP contribution is -2.17. The van der Waals surface area contributed by atoms with E-state index in [0.717, 1.165) is 17.4 Å². The topological polar surface area (TPSA) is 154 Å². The molecular formula is C24H12N2O7S2. The van der Waals surface area contributed by atoms with Gasteiger partial charge in [-0.3, -0.25) is 9.59 Å². The Labute approximate surface area is 200 Å². The standard InChI is InChI=1S/C24H12N2O7S2/c27-13-5-6-14(28)18-17(13)19-21(34-15-7-9(23(29)30)1-3-11(15)25-19)22-20(18)26-12-4-2-10(24(31)32)8-16(12)35(22)33/h1-8,25-26H,(H,29,30)(H,31,32). The third-order valence-corrected chi connectivity index (χ3v) is 8.68. The molecule has 5 aromatic rings. The van der Waals surface area contributed by atoms with E-state index in [1.807, 2.05) is 0 Å². The van der Waals surface area contributed by atoms with Crippen molar-refractivity contribution in [3.63, 3.8) is 0 Å². The van der Waals surface area contributed by atoms with Crippen molar-refractivity contribution in [1.82, 2.24) is 4.98 Å². The van der Waals surface area contributed by atoms with Gasteiger partial charge in [0.25, 0.3) is 0 Å². The first-order valence-electron chi connectivity index (χ1n) is 10.1. The molecule has 0 bridgehead atoms. The van der Waals surface area contributed by atoms with Crippen LogP contribution in [0.3, 0.4) is 0 Å². The van der Waals surface area contributed by atoms with Gasteiger partial charge in [-0.05, 0) is 48.5 Å². The van der Waals surface area contributed by atoms with Gasteiger partial charge in [0.05, 0.1) is 74.3 Å². The number of carboxylic acid groups (broad SMARTS) is 2. The van der Waals surface area contributed by atoms with Gasteiger partial charge in [-0.1, -0.05) is 0 Å². The fraction of sp³-hybridized carbons (Fsp3) is 0. The number of fused-ring (bicyclic) bond motifs is 8. The molecular weight excluding hydrogens is 492 g/mol. The predicted octanol–water partition coefficient (Wildman–Crippen LogP) is 3.88. The van der Waals surface area contributed by atoms with E-state index in [1.54, 1.807) is 6.07 Å². The summed E-state index contributed by atoms with van der Waals surface area (Å²) < 4.78 is 14.8. The number of anilines is 2. The molecule has 172 valence electrons. The highest BCUT2D eigenvalue weighted by Crippen LogP contribution is 2.46. The summed E-state index contributed by atoms with van der Waals surface area (Å²) in [6, 6.07) is 10.9. The Hall–Kier alpha value is -4.35. The molecule has 1 aliphatic heterocycles. The van der Waals surface area contributed by atoms with Crippen molar-refractivity contribution in [3.05, 3.63) is 80.1 Å². The lowest BCUT2D eigenvalue weighted by molar-refractivity contribution is 0.0686. The van der Waals surface area contributed by atoms with Crippen molar-refractivity contribution in [1.29, 1.82) is 0 Å². The van der Waals surface area contributed by atoms with Crippen molar-refractivity contribution >= 4 is 76.7 Å². The number of H-pyrrole nitrogens is 1. The summed E-state index contributed by atoms with van der Waals surface area (Å²) >= 11 is 1.13. The average molecular weight is 505 g/mol. The summed E-state index contributed by atoms with van der Waals surface area (Å²) in [7, 11) is -1.91. The number of aromatic amines is 1. The molecule has 1 aromatic heterocycles. The van der Waals surface area contributed by atoms with Crippen LogP contribution in [0.25, 0.3) is 31.2 Å². The zero-order chi connectivity index (χ0) is 24.6. The van der Waals surface area contributed by atoms with E-state index in [-0.39, 0.29) is 37.4 Å². The van der Waals surface area contributed by atoms with E-state index in [2.05, 4.69) is 10.3 Å². The van der Waals surface area contributed by atoms with Crippen molar-refractivity contribution in [2.24, 2.45) is 0 Å². The van der Waals surface area contributed by atoms with Crippen LogP contribution in [0.1, 0.15) is 20.7 Å². The maximum atomic E-state index is 13.8. The molecule has 4 aromatic carbocycles. The van der Waals surface area contributed by atoms with E-state index in [4.69, 9.17) is 0 Å². The number of aromatic carboxylic acids is 2. The SMILES string of the molecule is O=C(O)c1ccc2c(c1)S(=O)c1c(c3c(=O)ccc(=O)c3c3[nH]c4ccc(C(=O)O)cc4sc13)N2. The van der Waals surface area contributed by atoms with Crippen molar-refractivity contribution in [2.75, 3.05) is 5.32 Å². The van der Waals surface area contributed by atoms with Crippen molar-refractivity contribution in [2.45, 2.75) is 9.79 Å². The normalized spacial score (nSPS) is 14.5. The first kappa shape index (κ1) is 21.2. The van der Waals surface area contributed by atoms with Crippen LogP contribution in [0, 0.1) is 0 Å². The van der Waals surface area contributed by atoms with Crippen LogP contribution < -0.4 is 16.2 Å². The first-order valence-corrected chi connectivity index (χ1v) is 12.1.